The van der Waals surface area contributed by atoms with Gasteiger partial charge in [0.1, 0.15) is 0 Å². The maximum absolute atomic E-state index is 11.9. The highest BCUT2D eigenvalue weighted by molar-refractivity contribution is 5.99. The molecular formula is C14H20N4O2. The Morgan fingerprint density at radius 1 is 1.25 bits per heavy atom. The molecule has 0 saturated heterocycles. The molecule has 1 saturated carbocycles. The van der Waals surface area contributed by atoms with Gasteiger partial charge in [-0.25, -0.2) is 0 Å². The number of pyridine rings is 1. The van der Waals surface area contributed by atoms with Gasteiger partial charge in [0.05, 0.1) is 11.1 Å². The van der Waals surface area contributed by atoms with Gasteiger partial charge in [-0.1, -0.05) is 0 Å². The maximum Gasteiger partial charge on any atom is 0.253 e. The van der Waals surface area contributed by atoms with E-state index in [1.54, 1.807) is 6.07 Å². The topological polar surface area (TPSA) is 74.3 Å². The Morgan fingerprint density at radius 3 is 2.50 bits per heavy atom. The van der Waals surface area contributed by atoms with Crippen LogP contribution in [0.1, 0.15) is 33.6 Å². The van der Waals surface area contributed by atoms with E-state index in [-0.39, 0.29) is 11.8 Å². The van der Waals surface area contributed by atoms with E-state index in [1.165, 1.54) is 12.4 Å². The highest BCUT2D eigenvalue weighted by Crippen LogP contribution is 2.19. The minimum absolute atomic E-state index is 0.164. The Kier molecular flexibility index (Phi) is 4.68. The summed E-state index contributed by atoms with van der Waals surface area (Å²) < 4.78 is 0. The molecule has 0 atom stereocenters. The fourth-order valence-electron chi connectivity index (χ4n) is 1.68. The SMILES string of the molecule is CN(C)CCNC(=O)c1cncc(C(=O)NC2CC2)c1. The molecule has 6 nitrogen and oxygen atoms in total. The third-order valence-corrected chi connectivity index (χ3v) is 3.02. The Hall–Kier alpha value is -1.95. The molecule has 2 amide bonds. The zero-order valence-electron chi connectivity index (χ0n) is 11.8. The van der Waals surface area contributed by atoms with Crippen LogP contribution in [0.2, 0.25) is 0 Å². The van der Waals surface area contributed by atoms with Gasteiger partial charge in [-0.05, 0) is 33.0 Å². The van der Waals surface area contributed by atoms with Crippen molar-refractivity contribution in [3.8, 4) is 0 Å². The second kappa shape index (κ2) is 6.47. The number of nitrogens with zero attached hydrogens (tertiary/aromatic N) is 2. The summed E-state index contributed by atoms with van der Waals surface area (Å²) in [5, 5.41) is 5.67. The number of carbonyl (C=O) groups is 2. The molecule has 2 rings (SSSR count). The van der Waals surface area contributed by atoms with E-state index < -0.39 is 0 Å². The standard InChI is InChI=1S/C14H20N4O2/c1-18(2)6-5-16-13(19)10-7-11(9-15-8-10)14(20)17-12-3-4-12/h7-9,12H,3-6H2,1-2H3,(H,16,19)(H,17,20). The zero-order valence-corrected chi connectivity index (χ0v) is 11.8. The number of hydrogen-bond acceptors (Lipinski definition) is 4. The van der Waals surface area contributed by atoms with Gasteiger partial charge in [0.25, 0.3) is 11.8 Å². The number of amides is 2. The van der Waals surface area contributed by atoms with Crippen molar-refractivity contribution >= 4 is 11.8 Å². The van der Waals surface area contributed by atoms with Crippen LogP contribution in [0.15, 0.2) is 18.5 Å². The molecule has 1 aromatic rings. The van der Waals surface area contributed by atoms with Gasteiger partial charge in [-0.15, -0.1) is 0 Å². The molecule has 2 N–H and O–H groups in total. The summed E-state index contributed by atoms with van der Waals surface area (Å²) in [7, 11) is 3.88. The molecule has 0 bridgehead atoms. The molecule has 6 heteroatoms. The summed E-state index contributed by atoms with van der Waals surface area (Å²) in [5.41, 5.74) is 0.837. The third-order valence-electron chi connectivity index (χ3n) is 3.02. The number of likely N-dealkylation sites (N-methyl/N-ethyl adjacent to an activating group) is 1. The van der Waals surface area contributed by atoms with Crippen molar-refractivity contribution in [2.24, 2.45) is 0 Å². The molecule has 108 valence electrons. The first-order valence-electron chi connectivity index (χ1n) is 6.75. The first-order chi connectivity index (χ1) is 9.56. The quantitative estimate of drug-likeness (QED) is 0.782. The summed E-state index contributed by atoms with van der Waals surface area (Å²) in [6.45, 7) is 1.32. The fourth-order valence-corrected chi connectivity index (χ4v) is 1.68. The normalized spacial score (nSPS) is 14.2. The molecule has 0 aromatic carbocycles. The van der Waals surface area contributed by atoms with Gasteiger partial charge < -0.3 is 15.5 Å². The molecule has 0 unspecified atom stereocenters. The van der Waals surface area contributed by atoms with Crippen LogP contribution in [-0.2, 0) is 0 Å². The van der Waals surface area contributed by atoms with E-state index in [2.05, 4.69) is 15.6 Å². The van der Waals surface area contributed by atoms with Gasteiger partial charge in [0.2, 0.25) is 0 Å². The maximum atomic E-state index is 11.9. The fraction of sp³-hybridized carbons (Fsp3) is 0.500. The van der Waals surface area contributed by atoms with E-state index in [0.717, 1.165) is 19.4 Å². The first kappa shape index (κ1) is 14.5. The number of nitrogens with one attached hydrogen (secondary N) is 2. The predicted molar refractivity (Wildman–Crippen MR) is 75.6 cm³/mol. The smallest absolute Gasteiger partial charge is 0.253 e. The third kappa shape index (κ3) is 4.31. The van der Waals surface area contributed by atoms with E-state index in [9.17, 15) is 9.59 Å². The molecule has 1 aliphatic carbocycles. The minimum atomic E-state index is -0.208. The zero-order chi connectivity index (χ0) is 14.5. The Labute approximate surface area is 118 Å². The van der Waals surface area contributed by atoms with Crippen LogP contribution in [0, 0.1) is 0 Å². The number of rotatable bonds is 6. The second-order valence-electron chi connectivity index (χ2n) is 5.27. The predicted octanol–water partition coefficient (Wildman–Crippen LogP) is 0.265. The highest BCUT2D eigenvalue weighted by atomic mass is 16.2. The van der Waals surface area contributed by atoms with E-state index in [4.69, 9.17) is 0 Å². The number of aromatic nitrogens is 1. The van der Waals surface area contributed by atoms with E-state index in [0.29, 0.717) is 23.7 Å². The van der Waals surface area contributed by atoms with Crippen molar-refractivity contribution in [1.29, 1.82) is 0 Å². The van der Waals surface area contributed by atoms with Crippen LogP contribution in [0.25, 0.3) is 0 Å². The number of carbonyl (C=O) groups excluding carboxylic acids is 2. The van der Waals surface area contributed by atoms with E-state index in [1.807, 2.05) is 19.0 Å². The monoisotopic (exact) mass is 276 g/mol. The van der Waals surface area contributed by atoms with Crippen molar-refractivity contribution in [3.63, 3.8) is 0 Å². The molecule has 1 aromatic heterocycles. The lowest BCUT2D eigenvalue weighted by atomic mass is 10.2. The Balaban J connectivity index is 1.93. The van der Waals surface area contributed by atoms with Crippen LogP contribution in [0.4, 0.5) is 0 Å². The van der Waals surface area contributed by atoms with Crippen molar-refractivity contribution in [2.45, 2.75) is 18.9 Å². The van der Waals surface area contributed by atoms with Gasteiger partial charge in [-0.3, -0.25) is 14.6 Å². The second-order valence-corrected chi connectivity index (χ2v) is 5.27. The van der Waals surface area contributed by atoms with Gasteiger partial charge >= 0.3 is 0 Å². The van der Waals surface area contributed by atoms with Crippen molar-refractivity contribution < 1.29 is 9.59 Å². The largest absolute Gasteiger partial charge is 0.351 e. The molecule has 1 heterocycles. The lowest BCUT2D eigenvalue weighted by Crippen LogP contribution is -2.31. The first-order valence-corrected chi connectivity index (χ1v) is 6.75. The van der Waals surface area contributed by atoms with Crippen LogP contribution in [-0.4, -0.2) is 54.9 Å². The molecule has 1 fully saturated rings. The summed E-state index contributed by atoms with van der Waals surface area (Å²) >= 11 is 0. The molecule has 0 radical (unpaired) electrons. The Bertz CT molecular complexity index is 498. The average molecular weight is 276 g/mol. The van der Waals surface area contributed by atoms with Crippen molar-refractivity contribution in [2.75, 3.05) is 27.2 Å². The summed E-state index contributed by atoms with van der Waals surface area (Å²) in [5.74, 6) is -0.372. The summed E-state index contributed by atoms with van der Waals surface area (Å²) in [6.07, 6.45) is 5.01. The molecule has 1 aliphatic rings. The minimum Gasteiger partial charge on any atom is -0.351 e. The molecule has 0 aliphatic heterocycles. The van der Waals surface area contributed by atoms with Crippen LogP contribution >= 0.6 is 0 Å². The Morgan fingerprint density at radius 2 is 1.90 bits per heavy atom. The molecular weight excluding hydrogens is 256 g/mol. The van der Waals surface area contributed by atoms with Crippen molar-refractivity contribution in [3.05, 3.63) is 29.6 Å². The lowest BCUT2D eigenvalue weighted by molar-refractivity contribution is 0.0950. The van der Waals surface area contributed by atoms with Crippen LogP contribution < -0.4 is 10.6 Å². The average Bonchev–Trinajstić information content (AvgIpc) is 3.22. The van der Waals surface area contributed by atoms with Crippen LogP contribution in [0.3, 0.4) is 0 Å². The summed E-state index contributed by atoms with van der Waals surface area (Å²) in [6, 6.07) is 1.87. The van der Waals surface area contributed by atoms with Gasteiger partial charge in [0, 0.05) is 31.5 Å². The molecule has 0 spiro atoms. The summed E-state index contributed by atoms with van der Waals surface area (Å²) in [4.78, 5) is 29.8. The number of hydrogen-bond donors (Lipinski definition) is 2. The van der Waals surface area contributed by atoms with Crippen LogP contribution in [0.5, 0.6) is 0 Å². The lowest BCUT2D eigenvalue weighted by Gasteiger charge is -2.10. The van der Waals surface area contributed by atoms with Gasteiger partial charge in [-0.2, -0.15) is 0 Å². The van der Waals surface area contributed by atoms with Crippen molar-refractivity contribution in [1.82, 2.24) is 20.5 Å². The van der Waals surface area contributed by atoms with E-state index >= 15 is 0 Å². The van der Waals surface area contributed by atoms with Gasteiger partial charge in [0.15, 0.2) is 0 Å². The highest BCUT2D eigenvalue weighted by Gasteiger charge is 2.24. The molecule has 20 heavy (non-hydrogen) atoms.